The highest BCUT2D eigenvalue weighted by Gasteiger charge is 2.19. The molecule has 0 unspecified atom stereocenters. The highest BCUT2D eigenvalue weighted by atomic mass is 19.1. The predicted molar refractivity (Wildman–Crippen MR) is 116 cm³/mol. The van der Waals surface area contributed by atoms with Crippen molar-refractivity contribution in [3.63, 3.8) is 0 Å². The van der Waals surface area contributed by atoms with Gasteiger partial charge in [-0.15, -0.1) is 0 Å². The second-order valence-corrected chi connectivity index (χ2v) is 6.73. The number of halogens is 1. The molecule has 4 aromatic rings. The molecule has 4 rings (SSSR count). The predicted octanol–water partition coefficient (Wildman–Crippen LogP) is 4.95. The van der Waals surface area contributed by atoms with E-state index in [4.69, 9.17) is 9.47 Å². The Labute approximate surface area is 178 Å². The zero-order chi connectivity index (χ0) is 21.8. The number of carbonyl (C=O) groups is 1. The van der Waals surface area contributed by atoms with Gasteiger partial charge in [0, 0.05) is 17.4 Å². The van der Waals surface area contributed by atoms with Gasteiger partial charge in [0.1, 0.15) is 23.0 Å². The SMILES string of the molecule is COc1ccc(NC(=O)c2cn(-c3ccc(F)cc3)nc2-c2cccc(OC)c2)cc1. The third kappa shape index (κ3) is 4.40. The third-order valence-corrected chi connectivity index (χ3v) is 4.74. The monoisotopic (exact) mass is 417 g/mol. The van der Waals surface area contributed by atoms with E-state index in [2.05, 4.69) is 10.4 Å². The molecule has 0 fully saturated rings. The van der Waals surface area contributed by atoms with Gasteiger partial charge in [0.25, 0.3) is 5.91 Å². The maximum absolute atomic E-state index is 13.3. The number of nitrogens with zero attached hydrogens (tertiary/aromatic N) is 2. The fourth-order valence-corrected chi connectivity index (χ4v) is 3.12. The summed E-state index contributed by atoms with van der Waals surface area (Å²) in [5, 5.41) is 7.49. The van der Waals surface area contributed by atoms with Crippen molar-refractivity contribution in [1.82, 2.24) is 9.78 Å². The van der Waals surface area contributed by atoms with E-state index in [0.717, 1.165) is 5.56 Å². The minimum atomic E-state index is -0.346. The van der Waals surface area contributed by atoms with Crippen LogP contribution in [0.5, 0.6) is 11.5 Å². The van der Waals surface area contributed by atoms with Crippen LogP contribution in [0.15, 0.2) is 79.0 Å². The van der Waals surface area contributed by atoms with Gasteiger partial charge in [-0.1, -0.05) is 12.1 Å². The Morgan fingerprint density at radius 1 is 0.935 bits per heavy atom. The Hall–Kier alpha value is -4.13. The van der Waals surface area contributed by atoms with Crippen LogP contribution in [-0.4, -0.2) is 29.9 Å². The summed E-state index contributed by atoms with van der Waals surface area (Å²) < 4.78 is 25.4. The summed E-state index contributed by atoms with van der Waals surface area (Å²) in [5.74, 6) is 0.673. The normalized spacial score (nSPS) is 10.5. The number of rotatable bonds is 6. The molecule has 1 heterocycles. The number of methoxy groups -OCH3 is 2. The Kier molecular flexibility index (Phi) is 5.66. The molecule has 1 amide bonds. The zero-order valence-corrected chi connectivity index (χ0v) is 17.0. The highest BCUT2D eigenvalue weighted by molar-refractivity contribution is 6.08. The van der Waals surface area contributed by atoms with Crippen LogP contribution in [0.2, 0.25) is 0 Å². The van der Waals surface area contributed by atoms with Crippen LogP contribution in [0, 0.1) is 5.82 Å². The molecule has 0 atom stereocenters. The smallest absolute Gasteiger partial charge is 0.259 e. The van der Waals surface area contributed by atoms with Crippen LogP contribution in [-0.2, 0) is 0 Å². The van der Waals surface area contributed by atoms with Crippen molar-refractivity contribution in [1.29, 1.82) is 0 Å². The molecular weight excluding hydrogens is 397 g/mol. The lowest BCUT2D eigenvalue weighted by molar-refractivity contribution is 0.102. The summed E-state index contributed by atoms with van der Waals surface area (Å²) in [7, 11) is 3.16. The topological polar surface area (TPSA) is 65.4 Å². The number of ether oxygens (including phenoxy) is 2. The Morgan fingerprint density at radius 2 is 1.65 bits per heavy atom. The van der Waals surface area contributed by atoms with Gasteiger partial charge in [-0.3, -0.25) is 4.79 Å². The van der Waals surface area contributed by atoms with Gasteiger partial charge in [0.2, 0.25) is 0 Å². The van der Waals surface area contributed by atoms with Gasteiger partial charge < -0.3 is 14.8 Å². The Balaban J connectivity index is 1.74. The first-order valence-electron chi connectivity index (χ1n) is 9.53. The quantitative estimate of drug-likeness (QED) is 0.482. The van der Waals surface area contributed by atoms with E-state index in [-0.39, 0.29) is 11.7 Å². The first-order chi connectivity index (χ1) is 15.1. The van der Waals surface area contributed by atoms with E-state index >= 15 is 0 Å². The molecule has 0 spiro atoms. The summed E-state index contributed by atoms with van der Waals surface area (Å²) >= 11 is 0. The van der Waals surface area contributed by atoms with Gasteiger partial charge in [-0.2, -0.15) is 5.10 Å². The fourth-order valence-electron chi connectivity index (χ4n) is 3.12. The number of amides is 1. The van der Waals surface area contributed by atoms with Crippen molar-refractivity contribution in [2.24, 2.45) is 0 Å². The van der Waals surface area contributed by atoms with Crippen molar-refractivity contribution < 1.29 is 18.7 Å². The summed E-state index contributed by atoms with van der Waals surface area (Å²) in [6.07, 6.45) is 1.63. The van der Waals surface area contributed by atoms with Crippen LogP contribution < -0.4 is 14.8 Å². The largest absolute Gasteiger partial charge is 0.497 e. The van der Waals surface area contributed by atoms with E-state index < -0.39 is 0 Å². The number of aromatic nitrogens is 2. The summed E-state index contributed by atoms with van der Waals surface area (Å²) in [6.45, 7) is 0. The first-order valence-corrected chi connectivity index (χ1v) is 9.53. The van der Waals surface area contributed by atoms with Gasteiger partial charge >= 0.3 is 0 Å². The van der Waals surface area contributed by atoms with E-state index in [0.29, 0.717) is 34.1 Å². The molecule has 0 bridgehead atoms. The lowest BCUT2D eigenvalue weighted by Crippen LogP contribution is -2.12. The minimum absolute atomic E-state index is 0.323. The first kappa shape index (κ1) is 20.2. The van der Waals surface area contributed by atoms with Crippen molar-refractivity contribution >= 4 is 11.6 Å². The van der Waals surface area contributed by atoms with Gasteiger partial charge in [0.15, 0.2) is 0 Å². The molecule has 0 aliphatic carbocycles. The lowest BCUT2D eigenvalue weighted by atomic mass is 10.1. The summed E-state index contributed by atoms with van der Waals surface area (Å²) in [4.78, 5) is 13.1. The molecule has 31 heavy (non-hydrogen) atoms. The molecule has 0 saturated carbocycles. The van der Waals surface area contributed by atoms with E-state index in [9.17, 15) is 9.18 Å². The molecule has 6 nitrogen and oxygen atoms in total. The average Bonchev–Trinajstić information content (AvgIpc) is 3.26. The molecule has 0 aliphatic heterocycles. The second kappa shape index (κ2) is 8.71. The van der Waals surface area contributed by atoms with Gasteiger partial charge in [0.05, 0.1) is 25.5 Å². The number of anilines is 1. The fraction of sp³-hybridized carbons (Fsp3) is 0.0833. The van der Waals surface area contributed by atoms with Crippen LogP contribution in [0.25, 0.3) is 16.9 Å². The van der Waals surface area contributed by atoms with Crippen LogP contribution >= 0.6 is 0 Å². The number of carbonyl (C=O) groups excluding carboxylic acids is 1. The maximum atomic E-state index is 13.3. The van der Waals surface area contributed by atoms with Crippen molar-refractivity contribution in [2.45, 2.75) is 0 Å². The molecule has 156 valence electrons. The summed E-state index contributed by atoms with van der Waals surface area (Å²) in [5.41, 5.74) is 2.83. The second-order valence-electron chi connectivity index (χ2n) is 6.73. The number of benzene rings is 3. The van der Waals surface area contributed by atoms with Crippen LogP contribution in [0.4, 0.5) is 10.1 Å². The molecule has 1 aromatic heterocycles. The van der Waals surface area contributed by atoms with Crippen molar-refractivity contribution in [2.75, 3.05) is 19.5 Å². The number of nitrogens with one attached hydrogen (secondary N) is 1. The Bertz CT molecular complexity index is 1200. The van der Waals surface area contributed by atoms with Crippen molar-refractivity contribution in [3.8, 4) is 28.4 Å². The molecule has 3 aromatic carbocycles. The number of hydrogen-bond acceptors (Lipinski definition) is 4. The zero-order valence-electron chi connectivity index (χ0n) is 17.0. The van der Waals surface area contributed by atoms with Crippen molar-refractivity contribution in [3.05, 3.63) is 90.4 Å². The standard InChI is InChI=1S/C24H20FN3O3/c1-30-20-12-8-18(9-13-20)26-24(29)22-15-28(19-10-6-17(25)7-11-19)27-23(22)16-4-3-5-21(14-16)31-2/h3-15H,1-2H3,(H,26,29). The minimum Gasteiger partial charge on any atom is -0.497 e. The molecular formula is C24H20FN3O3. The summed E-state index contributed by atoms with van der Waals surface area (Å²) in [6, 6.07) is 20.2. The third-order valence-electron chi connectivity index (χ3n) is 4.74. The maximum Gasteiger partial charge on any atom is 0.259 e. The van der Waals surface area contributed by atoms with E-state index in [1.807, 2.05) is 24.3 Å². The molecule has 1 N–H and O–H groups in total. The molecule has 7 heteroatoms. The van der Waals surface area contributed by atoms with Crippen LogP contribution in [0.3, 0.4) is 0 Å². The molecule has 0 saturated heterocycles. The number of hydrogen-bond donors (Lipinski definition) is 1. The van der Waals surface area contributed by atoms with Gasteiger partial charge in [-0.25, -0.2) is 9.07 Å². The van der Waals surface area contributed by atoms with E-state index in [1.54, 1.807) is 61.5 Å². The molecule has 0 aliphatic rings. The van der Waals surface area contributed by atoms with Crippen LogP contribution in [0.1, 0.15) is 10.4 Å². The Morgan fingerprint density at radius 3 is 2.32 bits per heavy atom. The average molecular weight is 417 g/mol. The molecule has 0 radical (unpaired) electrons. The highest BCUT2D eigenvalue weighted by Crippen LogP contribution is 2.28. The lowest BCUT2D eigenvalue weighted by Gasteiger charge is -2.07. The van der Waals surface area contributed by atoms with Gasteiger partial charge in [-0.05, 0) is 60.7 Å². The van der Waals surface area contributed by atoms with E-state index in [1.165, 1.54) is 12.1 Å².